The number of carbonyl (C=O) groups is 1. The Morgan fingerprint density at radius 3 is 2.25 bits per heavy atom. The van der Waals surface area contributed by atoms with Crippen molar-refractivity contribution in [2.75, 3.05) is 13.2 Å². The van der Waals surface area contributed by atoms with Crippen molar-refractivity contribution in [3.63, 3.8) is 0 Å². The maximum absolute atomic E-state index is 13.5. The van der Waals surface area contributed by atoms with E-state index in [9.17, 15) is 19.4 Å². The first-order chi connectivity index (χ1) is 15.5. The van der Waals surface area contributed by atoms with Crippen LogP contribution in [0.5, 0.6) is 0 Å². The zero-order valence-electron chi connectivity index (χ0n) is 17.2. The number of hydrogen-bond acceptors (Lipinski definition) is 5. The van der Waals surface area contributed by atoms with Gasteiger partial charge in [-0.3, -0.25) is 0 Å². The molecule has 7 heteroatoms. The van der Waals surface area contributed by atoms with Crippen LogP contribution in [0.4, 0.5) is 9.18 Å². The maximum atomic E-state index is 13.5. The summed E-state index contributed by atoms with van der Waals surface area (Å²) in [6.07, 6.45) is -3.42. The number of alkyl carbamates (subject to hydrolysis) is 1. The second-order valence-electron chi connectivity index (χ2n) is 7.73. The molecule has 0 heterocycles. The number of halogens is 1. The molecule has 1 amide bonds. The summed E-state index contributed by atoms with van der Waals surface area (Å²) in [5.74, 6) is -0.686. The molecule has 0 saturated carbocycles. The van der Waals surface area contributed by atoms with E-state index in [1.165, 1.54) is 12.1 Å². The number of benzene rings is 3. The van der Waals surface area contributed by atoms with E-state index in [2.05, 4.69) is 5.32 Å². The first-order valence-corrected chi connectivity index (χ1v) is 10.3. The van der Waals surface area contributed by atoms with Gasteiger partial charge in [0.2, 0.25) is 0 Å². The fourth-order valence-corrected chi connectivity index (χ4v) is 4.07. The topological polar surface area (TPSA) is 99.0 Å². The monoisotopic (exact) mass is 437 g/mol. The van der Waals surface area contributed by atoms with Crippen LogP contribution in [0.1, 0.15) is 34.3 Å². The first-order valence-electron chi connectivity index (χ1n) is 10.3. The van der Waals surface area contributed by atoms with Gasteiger partial charge in [0.15, 0.2) is 0 Å². The fraction of sp³-hybridized carbons (Fsp3) is 0.240. The molecule has 166 valence electrons. The number of amides is 1. The highest BCUT2D eigenvalue weighted by Gasteiger charge is 2.29. The minimum atomic E-state index is -1.37. The number of hydrogen-bond donors (Lipinski definition) is 4. The van der Waals surface area contributed by atoms with Crippen LogP contribution in [0, 0.1) is 5.82 Å². The average molecular weight is 437 g/mol. The smallest absolute Gasteiger partial charge is 0.407 e. The van der Waals surface area contributed by atoms with E-state index in [1.807, 2.05) is 48.5 Å². The van der Waals surface area contributed by atoms with Gasteiger partial charge in [0.05, 0.1) is 6.61 Å². The molecule has 4 N–H and O–H groups in total. The standard InChI is InChI=1S/C25H24FNO5/c26-22-10-9-15(11-16(22)13-28)24(30)23(29)12-27-25(31)32-14-21-19-7-3-1-5-17(19)18-6-2-4-8-20(18)21/h1-11,21,23-24,28-30H,12-14H2,(H,27,31). The Morgan fingerprint density at radius 1 is 1.00 bits per heavy atom. The SMILES string of the molecule is O=C(NCC(O)C(O)c1ccc(F)c(CO)c1)OCC1c2ccccc2-c2ccccc21. The minimum absolute atomic E-state index is 0.0123. The lowest BCUT2D eigenvalue weighted by Crippen LogP contribution is -2.36. The van der Waals surface area contributed by atoms with Crippen molar-refractivity contribution >= 4 is 6.09 Å². The number of ether oxygens (including phenoxy) is 1. The molecule has 1 aliphatic rings. The zero-order chi connectivity index (χ0) is 22.7. The summed E-state index contributed by atoms with van der Waals surface area (Å²) in [7, 11) is 0. The first kappa shape index (κ1) is 22.0. The lowest BCUT2D eigenvalue weighted by molar-refractivity contribution is 0.0184. The highest BCUT2D eigenvalue weighted by atomic mass is 19.1. The van der Waals surface area contributed by atoms with Crippen LogP contribution in [-0.2, 0) is 11.3 Å². The van der Waals surface area contributed by atoms with E-state index in [1.54, 1.807) is 0 Å². The molecule has 0 aromatic heterocycles. The summed E-state index contributed by atoms with van der Waals surface area (Å²) in [5, 5.41) is 32.1. The third-order valence-corrected chi connectivity index (χ3v) is 5.75. The normalized spacial score (nSPS) is 14.4. The van der Waals surface area contributed by atoms with Gasteiger partial charge in [-0.05, 0) is 39.9 Å². The molecule has 3 aromatic carbocycles. The summed E-state index contributed by atoms with van der Waals surface area (Å²) in [6, 6.07) is 19.7. The van der Waals surface area contributed by atoms with Gasteiger partial charge in [0.25, 0.3) is 0 Å². The molecule has 0 radical (unpaired) electrons. The van der Waals surface area contributed by atoms with Gasteiger partial charge in [-0.2, -0.15) is 0 Å². The number of nitrogens with one attached hydrogen (secondary N) is 1. The van der Waals surface area contributed by atoms with Crippen molar-refractivity contribution in [2.45, 2.75) is 24.7 Å². The summed E-state index contributed by atoms with van der Waals surface area (Å²) in [5.41, 5.74) is 4.67. The van der Waals surface area contributed by atoms with Crippen LogP contribution in [0.2, 0.25) is 0 Å². The molecule has 0 bridgehead atoms. The summed E-state index contributed by atoms with van der Waals surface area (Å²) >= 11 is 0. The average Bonchev–Trinajstić information content (AvgIpc) is 3.14. The third-order valence-electron chi connectivity index (χ3n) is 5.75. The van der Waals surface area contributed by atoms with Crippen molar-refractivity contribution < 1.29 is 29.2 Å². The van der Waals surface area contributed by atoms with Crippen LogP contribution in [0.15, 0.2) is 66.7 Å². The molecule has 1 aliphatic carbocycles. The number of fused-ring (bicyclic) bond motifs is 3. The number of aliphatic hydroxyl groups excluding tert-OH is 3. The van der Waals surface area contributed by atoms with Gasteiger partial charge in [0, 0.05) is 18.0 Å². The number of carbonyl (C=O) groups excluding carboxylic acids is 1. The summed E-state index contributed by atoms with van der Waals surface area (Å²) < 4.78 is 18.9. The highest BCUT2D eigenvalue weighted by molar-refractivity contribution is 5.79. The number of rotatable bonds is 7. The molecule has 3 aromatic rings. The zero-order valence-corrected chi connectivity index (χ0v) is 17.2. The van der Waals surface area contributed by atoms with Crippen LogP contribution < -0.4 is 5.32 Å². The van der Waals surface area contributed by atoms with E-state index in [0.717, 1.165) is 28.3 Å². The minimum Gasteiger partial charge on any atom is -0.449 e. The molecular formula is C25H24FNO5. The second-order valence-corrected chi connectivity index (χ2v) is 7.73. The van der Waals surface area contributed by atoms with Crippen molar-refractivity contribution in [3.05, 3.63) is 94.8 Å². The molecular weight excluding hydrogens is 413 g/mol. The van der Waals surface area contributed by atoms with Gasteiger partial charge in [-0.1, -0.05) is 54.6 Å². The lowest BCUT2D eigenvalue weighted by atomic mass is 9.98. The van der Waals surface area contributed by atoms with Gasteiger partial charge < -0.3 is 25.4 Å². The molecule has 0 saturated heterocycles. The molecule has 0 fully saturated rings. The van der Waals surface area contributed by atoms with Crippen LogP contribution in [0.3, 0.4) is 0 Å². The van der Waals surface area contributed by atoms with Crippen molar-refractivity contribution in [1.82, 2.24) is 5.32 Å². The second kappa shape index (κ2) is 9.48. The van der Waals surface area contributed by atoms with Gasteiger partial charge in [0.1, 0.15) is 24.6 Å². The van der Waals surface area contributed by atoms with Crippen molar-refractivity contribution in [3.8, 4) is 11.1 Å². The van der Waals surface area contributed by atoms with E-state index < -0.39 is 30.7 Å². The molecule has 0 spiro atoms. The van der Waals surface area contributed by atoms with E-state index in [4.69, 9.17) is 9.84 Å². The molecule has 2 unspecified atom stereocenters. The molecule has 0 aliphatic heterocycles. The Balaban J connectivity index is 1.34. The predicted octanol–water partition coefficient (Wildman–Crippen LogP) is 3.25. The quantitative estimate of drug-likeness (QED) is 0.455. The molecule has 6 nitrogen and oxygen atoms in total. The molecule has 2 atom stereocenters. The highest BCUT2D eigenvalue weighted by Crippen LogP contribution is 2.44. The Kier molecular flexibility index (Phi) is 6.50. The molecule has 4 rings (SSSR count). The van der Waals surface area contributed by atoms with Gasteiger partial charge >= 0.3 is 6.09 Å². The van der Waals surface area contributed by atoms with E-state index >= 15 is 0 Å². The third kappa shape index (κ3) is 4.36. The Hall–Kier alpha value is -3.26. The van der Waals surface area contributed by atoms with Crippen LogP contribution in [0.25, 0.3) is 11.1 Å². The largest absolute Gasteiger partial charge is 0.449 e. The lowest BCUT2D eigenvalue weighted by Gasteiger charge is -2.20. The van der Waals surface area contributed by atoms with Crippen molar-refractivity contribution in [1.29, 1.82) is 0 Å². The van der Waals surface area contributed by atoms with Gasteiger partial charge in [-0.15, -0.1) is 0 Å². The van der Waals surface area contributed by atoms with E-state index in [0.29, 0.717) is 0 Å². The van der Waals surface area contributed by atoms with Crippen LogP contribution >= 0.6 is 0 Å². The van der Waals surface area contributed by atoms with Gasteiger partial charge in [-0.25, -0.2) is 9.18 Å². The fourth-order valence-electron chi connectivity index (χ4n) is 4.07. The summed E-state index contributed by atoms with van der Waals surface area (Å²) in [4.78, 5) is 12.2. The van der Waals surface area contributed by atoms with E-state index in [-0.39, 0.29) is 30.2 Å². The number of aliphatic hydroxyl groups is 3. The summed E-state index contributed by atoms with van der Waals surface area (Å²) in [6.45, 7) is -0.652. The Labute approximate surface area is 184 Å². The Morgan fingerprint density at radius 2 is 1.62 bits per heavy atom. The maximum Gasteiger partial charge on any atom is 0.407 e. The Bertz CT molecular complexity index is 1070. The van der Waals surface area contributed by atoms with Crippen LogP contribution in [-0.4, -0.2) is 40.7 Å². The van der Waals surface area contributed by atoms with Crippen molar-refractivity contribution in [2.24, 2.45) is 0 Å². The predicted molar refractivity (Wildman–Crippen MR) is 116 cm³/mol. The molecule has 32 heavy (non-hydrogen) atoms.